The largest absolute Gasteiger partial charge is 0.320 e. The van der Waals surface area contributed by atoms with Gasteiger partial charge in [0.1, 0.15) is 0 Å². The molecule has 0 radical (unpaired) electrons. The number of para-hydroxylation sites is 1. The Morgan fingerprint density at radius 3 is 2.33 bits per heavy atom. The van der Waals surface area contributed by atoms with Gasteiger partial charge in [-0.2, -0.15) is 5.10 Å². The number of carbonyl (C=O) groups excluding carboxylic acids is 1. The van der Waals surface area contributed by atoms with Crippen LogP contribution in [0.2, 0.25) is 0 Å². The van der Waals surface area contributed by atoms with Gasteiger partial charge in [0.05, 0.1) is 0 Å². The Morgan fingerprint density at radius 2 is 1.83 bits per heavy atom. The molecule has 0 bridgehead atoms. The van der Waals surface area contributed by atoms with Gasteiger partial charge in [-0.15, -0.1) is 0 Å². The Balaban J connectivity index is 2.27. The fraction of sp³-hybridized carbons (Fsp3) is 0.286. The number of hydrogen-bond donors (Lipinski definition) is 1. The Kier molecular flexibility index (Phi) is 3.19. The summed E-state index contributed by atoms with van der Waals surface area (Å²) in [6.07, 6.45) is 0. The summed E-state index contributed by atoms with van der Waals surface area (Å²) < 4.78 is 1.69. The van der Waals surface area contributed by atoms with Gasteiger partial charge in [0.15, 0.2) is 5.69 Å². The Labute approximate surface area is 107 Å². The van der Waals surface area contributed by atoms with Crippen LogP contribution in [0.15, 0.2) is 24.3 Å². The summed E-state index contributed by atoms with van der Waals surface area (Å²) >= 11 is 0. The highest BCUT2D eigenvalue weighted by Gasteiger charge is 2.13. The van der Waals surface area contributed by atoms with Crippen molar-refractivity contribution in [1.29, 1.82) is 0 Å². The molecule has 1 N–H and O–H groups in total. The first-order valence-electron chi connectivity index (χ1n) is 5.87. The highest BCUT2D eigenvalue weighted by atomic mass is 16.1. The molecule has 1 heterocycles. The minimum Gasteiger partial charge on any atom is -0.320 e. The van der Waals surface area contributed by atoms with Crippen molar-refractivity contribution in [1.82, 2.24) is 9.78 Å². The molecule has 0 fully saturated rings. The molecule has 0 aliphatic heterocycles. The molecule has 4 heteroatoms. The Morgan fingerprint density at radius 1 is 1.22 bits per heavy atom. The van der Waals surface area contributed by atoms with E-state index < -0.39 is 0 Å². The van der Waals surface area contributed by atoms with Crippen LogP contribution >= 0.6 is 0 Å². The zero-order valence-electron chi connectivity index (χ0n) is 11.1. The minimum atomic E-state index is -0.170. The normalized spacial score (nSPS) is 10.4. The van der Waals surface area contributed by atoms with Crippen LogP contribution in [0.25, 0.3) is 0 Å². The van der Waals surface area contributed by atoms with Gasteiger partial charge in [0.25, 0.3) is 5.91 Å². The number of carbonyl (C=O) groups is 1. The first-order chi connectivity index (χ1) is 8.49. The van der Waals surface area contributed by atoms with Crippen LogP contribution < -0.4 is 5.32 Å². The van der Waals surface area contributed by atoms with Crippen LogP contribution in [0.4, 0.5) is 5.69 Å². The SMILES string of the molecule is Cc1cccc(C)c1NC(=O)c1cc(C)n(C)n1. The van der Waals surface area contributed by atoms with Crippen molar-refractivity contribution in [2.45, 2.75) is 20.8 Å². The van der Waals surface area contributed by atoms with Gasteiger partial charge in [-0.25, -0.2) is 0 Å². The number of aromatic nitrogens is 2. The van der Waals surface area contributed by atoms with E-state index in [1.807, 2.05) is 46.0 Å². The van der Waals surface area contributed by atoms with Crippen LogP contribution in [-0.4, -0.2) is 15.7 Å². The number of nitrogens with zero attached hydrogens (tertiary/aromatic N) is 2. The maximum absolute atomic E-state index is 12.1. The van der Waals surface area contributed by atoms with E-state index >= 15 is 0 Å². The van der Waals surface area contributed by atoms with E-state index in [0.29, 0.717) is 5.69 Å². The summed E-state index contributed by atoms with van der Waals surface area (Å²) in [6, 6.07) is 7.72. The summed E-state index contributed by atoms with van der Waals surface area (Å²) in [4.78, 5) is 12.1. The molecular weight excluding hydrogens is 226 g/mol. The van der Waals surface area contributed by atoms with Gasteiger partial charge in [-0.3, -0.25) is 9.48 Å². The quantitative estimate of drug-likeness (QED) is 0.881. The number of hydrogen-bond acceptors (Lipinski definition) is 2. The van der Waals surface area contributed by atoms with E-state index in [2.05, 4.69) is 10.4 Å². The van der Waals surface area contributed by atoms with Gasteiger partial charge in [-0.05, 0) is 38.0 Å². The van der Waals surface area contributed by atoms with Gasteiger partial charge in [-0.1, -0.05) is 18.2 Å². The molecule has 0 spiro atoms. The van der Waals surface area contributed by atoms with Gasteiger partial charge in [0.2, 0.25) is 0 Å². The molecule has 0 atom stereocenters. The smallest absolute Gasteiger partial charge is 0.276 e. The fourth-order valence-corrected chi connectivity index (χ4v) is 1.86. The van der Waals surface area contributed by atoms with E-state index in [1.54, 1.807) is 10.7 Å². The van der Waals surface area contributed by atoms with E-state index in [1.165, 1.54) is 0 Å². The third-order valence-electron chi connectivity index (χ3n) is 3.07. The molecular formula is C14H17N3O. The lowest BCUT2D eigenvalue weighted by Gasteiger charge is -2.10. The zero-order valence-corrected chi connectivity index (χ0v) is 11.1. The molecule has 0 aliphatic carbocycles. The van der Waals surface area contributed by atoms with E-state index in [-0.39, 0.29) is 5.91 Å². The lowest BCUT2D eigenvalue weighted by atomic mass is 10.1. The van der Waals surface area contributed by atoms with E-state index in [0.717, 1.165) is 22.5 Å². The van der Waals surface area contributed by atoms with Crippen molar-refractivity contribution in [2.24, 2.45) is 7.05 Å². The van der Waals surface area contributed by atoms with Gasteiger partial charge >= 0.3 is 0 Å². The second-order valence-electron chi connectivity index (χ2n) is 4.52. The van der Waals surface area contributed by atoms with E-state index in [9.17, 15) is 4.79 Å². The Bertz CT molecular complexity index is 559. The third kappa shape index (κ3) is 2.27. The number of benzene rings is 1. The van der Waals surface area contributed by atoms with Crippen molar-refractivity contribution in [2.75, 3.05) is 5.32 Å². The molecule has 0 aliphatic rings. The van der Waals surface area contributed by atoms with Gasteiger partial charge < -0.3 is 5.32 Å². The van der Waals surface area contributed by atoms with Crippen LogP contribution in [0.1, 0.15) is 27.3 Å². The van der Waals surface area contributed by atoms with Crippen molar-refractivity contribution in [3.05, 3.63) is 46.8 Å². The van der Waals surface area contributed by atoms with Crippen LogP contribution in [-0.2, 0) is 7.05 Å². The molecule has 18 heavy (non-hydrogen) atoms. The fourth-order valence-electron chi connectivity index (χ4n) is 1.86. The number of rotatable bonds is 2. The minimum absolute atomic E-state index is 0.170. The van der Waals surface area contributed by atoms with Crippen LogP contribution in [0, 0.1) is 20.8 Å². The maximum Gasteiger partial charge on any atom is 0.276 e. The maximum atomic E-state index is 12.1. The standard InChI is InChI=1S/C14H17N3O/c1-9-6-5-7-10(2)13(9)15-14(18)12-8-11(3)17(4)16-12/h5-8H,1-4H3,(H,15,18). The van der Waals surface area contributed by atoms with Crippen molar-refractivity contribution >= 4 is 11.6 Å². The van der Waals surface area contributed by atoms with Crippen LogP contribution in [0.5, 0.6) is 0 Å². The summed E-state index contributed by atoms with van der Waals surface area (Å²) in [5.41, 5.74) is 4.37. The van der Waals surface area contributed by atoms with Crippen LogP contribution in [0.3, 0.4) is 0 Å². The molecule has 0 saturated heterocycles. The van der Waals surface area contributed by atoms with Crippen molar-refractivity contribution in [3.63, 3.8) is 0 Å². The van der Waals surface area contributed by atoms with Gasteiger partial charge in [0, 0.05) is 18.4 Å². The highest BCUT2D eigenvalue weighted by molar-refractivity contribution is 6.03. The molecule has 0 saturated carbocycles. The Hall–Kier alpha value is -2.10. The lowest BCUT2D eigenvalue weighted by Crippen LogP contribution is -2.14. The monoisotopic (exact) mass is 243 g/mol. The third-order valence-corrected chi connectivity index (χ3v) is 3.07. The average Bonchev–Trinajstić information content (AvgIpc) is 2.64. The summed E-state index contributed by atoms with van der Waals surface area (Å²) in [6.45, 7) is 5.88. The first kappa shape index (κ1) is 12.4. The summed E-state index contributed by atoms with van der Waals surface area (Å²) in [5, 5.41) is 7.09. The summed E-state index contributed by atoms with van der Waals surface area (Å²) in [7, 11) is 1.82. The molecule has 1 amide bonds. The van der Waals surface area contributed by atoms with E-state index in [4.69, 9.17) is 0 Å². The molecule has 0 unspecified atom stereocenters. The number of amides is 1. The molecule has 4 nitrogen and oxygen atoms in total. The lowest BCUT2D eigenvalue weighted by molar-refractivity contribution is 0.102. The molecule has 1 aromatic heterocycles. The second-order valence-corrected chi connectivity index (χ2v) is 4.52. The molecule has 2 rings (SSSR count). The van der Waals surface area contributed by atoms with Crippen molar-refractivity contribution < 1.29 is 4.79 Å². The number of nitrogens with one attached hydrogen (secondary N) is 1. The number of aryl methyl sites for hydroxylation is 4. The number of anilines is 1. The predicted octanol–water partition coefficient (Wildman–Crippen LogP) is 2.60. The van der Waals surface area contributed by atoms with Crippen molar-refractivity contribution in [3.8, 4) is 0 Å². The highest BCUT2D eigenvalue weighted by Crippen LogP contribution is 2.20. The first-order valence-corrected chi connectivity index (χ1v) is 5.87. The summed E-state index contributed by atoms with van der Waals surface area (Å²) in [5.74, 6) is -0.170. The molecule has 1 aromatic carbocycles. The second kappa shape index (κ2) is 4.64. The average molecular weight is 243 g/mol. The molecule has 94 valence electrons. The topological polar surface area (TPSA) is 46.9 Å². The zero-order chi connectivity index (χ0) is 13.3. The predicted molar refractivity (Wildman–Crippen MR) is 71.8 cm³/mol. The molecule has 2 aromatic rings.